The Morgan fingerprint density at radius 2 is 2.04 bits per heavy atom. The molecule has 8 heteroatoms. The van der Waals surface area contributed by atoms with Crippen LogP contribution in [0.1, 0.15) is 19.2 Å². The summed E-state index contributed by atoms with van der Waals surface area (Å²) < 4.78 is 12.3. The van der Waals surface area contributed by atoms with E-state index in [4.69, 9.17) is 9.47 Å². The van der Waals surface area contributed by atoms with E-state index in [-0.39, 0.29) is 5.91 Å². The maximum absolute atomic E-state index is 11.9. The highest BCUT2D eigenvalue weighted by Crippen LogP contribution is 2.23. The molecule has 1 aromatic carbocycles. The van der Waals surface area contributed by atoms with Crippen LogP contribution in [0.25, 0.3) is 5.69 Å². The molecule has 1 amide bonds. The van der Waals surface area contributed by atoms with E-state index in [1.165, 1.54) is 11.8 Å². The maximum Gasteiger partial charge on any atom is 0.230 e. The molecule has 2 aromatic rings. The highest BCUT2D eigenvalue weighted by molar-refractivity contribution is 7.99. The fourth-order valence-corrected chi connectivity index (χ4v) is 3.02. The predicted octanol–water partition coefficient (Wildman–Crippen LogP) is 2.22. The molecule has 0 aliphatic rings. The van der Waals surface area contributed by atoms with Gasteiger partial charge in [-0.1, -0.05) is 11.8 Å². The summed E-state index contributed by atoms with van der Waals surface area (Å²) in [5, 5.41) is 11.9. The van der Waals surface area contributed by atoms with Gasteiger partial charge in [0.25, 0.3) is 0 Å². The number of nitrogens with one attached hydrogen (secondary N) is 1. The molecule has 0 saturated heterocycles. The van der Waals surface area contributed by atoms with E-state index in [0.717, 1.165) is 23.7 Å². The van der Waals surface area contributed by atoms with E-state index in [0.29, 0.717) is 30.7 Å². The Bertz CT molecular complexity index is 673. The number of nitrogens with zero attached hydrogens (tertiary/aromatic N) is 3. The summed E-state index contributed by atoms with van der Waals surface area (Å²) in [5.74, 6) is 1.83. The van der Waals surface area contributed by atoms with Crippen LogP contribution < -0.4 is 10.1 Å². The average Bonchev–Trinajstić information content (AvgIpc) is 3.00. The largest absolute Gasteiger partial charge is 0.497 e. The van der Waals surface area contributed by atoms with E-state index >= 15 is 0 Å². The Hall–Kier alpha value is -2.06. The summed E-state index contributed by atoms with van der Waals surface area (Å²) >= 11 is 1.36. The fraction of sp³-hybridized carbons (Fsp3) is 0.471. The fourth-order valence-electron chi connectivity index (χ4n) is 2.19. The van der Waals surface area contributed by atoms with Crippen LogP contribution in [-0.2, 0) is 9.53 Å². The number of methoxy groups -OCH3 is 1. The standard InChI is InChI=1S/C17H24N4O3S/c1-4-24-11-5-10-18-16(22)12-25-17-20-19-13(2)21(17)14-6-8-15(23-3)9-7-14/h6-9H,4-5,10-12H2,1-3H3,(H,18,22). The third-order valence-corrected chi connectivity index (χ3v) is 4.38. The third kappa shape index (κ3) is 5.75. The zero-order valence-electron chi connectivity index (χ0n) is 14.8. The number of rotatable bonds is 10. The van der Waals surface area contributed by atoms with Crippen molar-refractivity contribution < 1.29 is 14.3 Å². The van der Waals surface area contributed by atoms with Crippen LogP contribution in [0.4, 0.5) is 0 Å². The second-order valence-electron chi connectivity index (χ2n) is 5.25. The van der Waals surface area contributed by atoms with Crippen molar-refractivity contribution in [3.63, 3.8) is 0 Å². The number of benzene rings is 1. The van der Waals surface area contributed by atoms with Crippen LogP contribution in [0.3, 0.4) is 0 Å². The number of carbonyl (C=O) groups excluding carboxylic acids is 1. The second kappa shape index (κ2) is 10.0. The first-order valence-electron chi connectivity index (χ1n) is 8.19. The van der Waals surface area contributed by atoms with Gasteiger partial charge in [-0.15, -0.1) is 10.2 Å². The van der Waals surface area contributed by atoms with Crippen LogP contribution in [0.2, 0.25) is 0 Å². The molecule has 136 valence electrons. The summed E-state index contributed by atoms with van der Waals surface area (Å²) in [4.78, 5) is 11.9. The molecule has 0 aliphatic heterocycles. The summed E-state index contributed by atoms with van der Waals surface area (Å²) in [5.41, 5.74) is 0.933. The Morgan fingerprint density at radius 1 is 1.28 bits per heavy atom. The topological polar surface area (TPSA) is 78.3 Å². The Labute approximate surface area is 152 Å². The van der Waals surface area contributed by atoms with Crippen molar-refractivity contribution in [2.24, 2.45) is 0 Å². The minimum absolute atomic E-state index is 0.0246. The molecule has 2 rings (SSSR count). The monoisotopic (exact) mass is 364 g/mol. The van der Waals surface area contributed by atoms with Gasteiger partial charge in [0, 0.05) is 25.4 Å². The van der Waals surface area contributed by atoms with Gasteiger partial charge in [-0.05, 0) is 44.5 Å². The zero-order chi connectivity index (χ0) is 18.1. The number of amides is 1. The van der Waals surface area contributed by atoms with Crippen molar-refractivity contribution in [1.82, 2.24) is 20.1 Å². The van der Waals surface area contributed by atoms with E-state index in [1.807, 2.05) is 42.7 Å². The van der Waals surface area contributed by atoms with Gasteiger partial charge < -0.3 is 14.8 Å². The number of thioether (sulfide) groups is 1. The molecule has 7 nitrogen and oxygen atoms in total. The first-order chi connectivity index (χ1) is 12.2. The first kappa shape index (κ1) is 19.3. The number of hydrogen-bond donors (Lipinski definition) is 1. The summed E-state index contributed by atoms with van der Waals surface area (Å²) in [6.07, 6.45) is 0.811. The molecule has 0 spiro atoms. The van der Waals surface area contributed by atoms with Gasteiger partial charge >= 0.3 is 0 Å². The molecule has 0 bridgehead atoms. The van der Waals surface area contributed by atoms with Crippen molar-refractivity contribution in [1.29, 1.82) is 0 Å². The second-order valence-corrected chi connectivity index (χ2v) is 6.19. The lowest BCUT2D eigenvalue weighted by molar-refractivity contribution is -0.118. The van der Waals surface area contributed by atoms with Crippen molar-refractivity contribution in [3.8, 4) is 11.4 Å². The summed E-state index contributed by atoms with van der Waals surface area (Å²) in [6.45, 7) is 5.81. The van der Waals surface area contributed by atoms with Crippen LogP contribution in [0.15, 0.2) is 29.4 Å². The molecule has 1 aromatic heterocycles. The minimum Gasteiger partial charge on any atom is -0.497 e. The Kier molecular flexibility index (Phi) is 7.75. The van der Waals surface area contributed by atoms with Gasteiger partial charge in [0.05, 0.1) is 12.9 Å². The molecular weight excluding hydrogens is 340 g/mol. The summed E-state index contributed by atoms with van der Waals surface area (Å²) in [7, 11) is 1.63. The predicted molar refractivity (Wildman–Crippen MR) is 97.5 cm³/mol. The smallest absolute Gasteiger partial charge is 0.230 e. The average molecular weight is 364 g/mol. The highest BCUT2D eigenvalue weighted by Gasteiger charge is 2.13. The van der Waals surface area contributed by atoms with Crippen molar-refractivity contribution in [2.45, 2.75) is 25.4 Å². The minimum atomic E-state index is -0.0246. The SMILES string of the molecule is CCOCCCNC(=O)CSc1nnc(C)n1-c1ccc(OC)cc1. The van der Waals surface area contributed by atoms with Crippen molar-refractivity contribution in [2.75, 3.05) is 32.6 Å². The molecular formula is C17H24N4O3S. The molecule has 0 aliphatic carbocycles. The van der Waals surface area contributed by atoms with Crippen LogP contribution in [0.5, 0.6) is 5.75 Å². The lowest BCUT2D eigenvalue weighted by Crippen LogP contribution is -2.27. The Balaban J connectivity index is 1.91. The van der Waals surface area contributed by atoms with E-state index in [2.05, 4.69) is 15.5 Å². The lowest BCUT2D eigenvalue weighted by Gasteiger charge is -2.09. The highest BCUT2D eigenvalue weighted by atomic mass is 32.2. The molecule has 25 heavy (non-hydrogen) atoms. The molecule has 0 radical (unpaired) electrons. The van der Waals surface area contributed by atoms with Crippen molar-refractivity contribution >= 4 is 17.7 Å². The van der Waals surface area contributed by atoms with Gasteiger partial charge in [0.2, 0.25) is 5.91 Å². The van der Waals surface area contributed by atoms with Gasteiger partial charge in [-0.2, -0.15) is 0 Å². The Morgan fingerprint density at radius 3 is 2.72 bits per heavy atom. The maximum atomic E-state index is 11.9. The molecule has 1 heterocycles. The number of carbonyl (C=O) groups is 1. The number of hydrogen-bond acceptors (Lipinski definition) is 6. The quantitative estimate of drug-likeness (QED) is 0.514. The van der Waals surface area contributed by atoms with E-state index in [9.17, 15) is 4.79 Å². The van der Waals surface area contributed by atoms with Crippen LogP contribution in [0, 0.1) is 6.92 Å². The normalized spacial score (nSPS) is 10.7. The zero-order valence-corrected chi connectivity index (χ0v) is 15.6. The van der Waals surface area contributed by atoms with Gasteiger partial charge in [-0.25, -0.2) is 0 Å². The van der Waals surface area contributed by atoms with E-state index < -0.39 is 0 Å². The molecule has 0 fully saturated rings. The number of ether oxygens (including phenoxy) is 2. The van der Waals surface area contributed by atoms with Gasteiger partial charge in [0.15, 0.2) is 5.16 Å². The summed E-state index contributed by atoms with van der Waals surface area (Å²) in [6, 6.07) is 7.64. The van der Waals surface area contributed by atoms with Crippen molar-refractivity contribution in [3.05, 3.63) is 30.1 Å². The molecule has 0 unspecified atom stereocenters. The number of aryl methyl sites for hydroxylation is 1. The van der Waals surface area contributed by atoms with Crippen LogP contribution >= 0.6 is 11.8 Å². The van der Waals surface area contributed by atoms with Crippen LogP contribution in [-0.4, -0.2) is 53.3 Å². The van der Waals surface area contributed by atoms with Gasteiger partial charge in [0.1, 0.15) is 11.6 Å². The van der Waals surface area contributed by atoms with Gasteiger partial charge in [-0.3, -0.25) is 9.36 Å². The number of aromatic nitrogens is 3. The lowest BCUT2D eigenvalue weighted by atomic mass is 10.3. The van der Waals surface area contributed by atoms with E-state index in [1.54, 1.807) is 7.11 Å². The molecule has 0 atom stereocenters. The third-order valence-electron chi connectivity index (χ3n) is 3.45. The molecule has 0 saturated carbocycles. The molecule has 1 N–H and O–H groups in total. The first-order valence-corrected chi connectivity index (χ1v) is 9.18.